The lowest BCUT2D eigenvalue weighted by Gasteiger charge is -2.26. The summed E-state index contributed by atoms with van der Waals surface area (Å²) in [5.74, 6) is -2.92. The molecule has 1 saturated carbocycles. The van der Waals surface area contributed by atoms with Crippen molar-refractivity contribution in [2.45, 2.75) is 45.1 Å². The van der Waals surface area contributed by atoms with E-state index in [0.29, 0.717) is 5.56 Å². The molecule has 1 heterocycles. The molecule has 7 heteroatoms. The molecule has 0 bridgehead atoms. The lowest BCUT2D eigenvalue weighted by Crippen LogP contribution is -2.36. The first-order valence-electron chi connectivity index (χ1n) is 9.37. The molecule has 1 aliphatic heterocycles. The Morgan fingerprint density at radius 1 is 1.15 bits per heavy atom. The van der Waals surface area contributed by atoms with Crippen LogP contribution in [0.15, 0.2) is 18.2 Å². The van der Waals surface area contributed by atoms with Crippen LogP contribution in [-0.2, 0) is 14.4 Å². The van der Waals surface area contributed by atoms with Gasteiger partial charge in [-0.2, -0.15) is 0 Å². The van der Waals surface area contributed by atoms with Gasteiger partial charge < -0.3 is 4.90 Å². The van der Waals surface area contributed by atoms with E-state index in [2.05, 4.69) is 0 Å². The molecule has 1 aromatic rings. The number of amides is 3. The van der Waals surface area contributed by atoms with Crippen molar-refractivity contribution in [3.8, 4) is 0 Å². The molecule has 27 heavy (non-hydrogen) atoms. The molecule has 2 aliphatic rings. The molecule has 5 nitrogen and oxygen atoms in total. The van der Waals surface area contributed by atoms with E-state index < -0.39 is 17.7 Å². The Balaban J connectivity index is 1.60. The standard InChI is InChI=1S/C20H24F2N2O3/c1-12(13-7-8-16(21)17(22)11-13)23(2)18(25)9-10-24-19(26)14-5-3-4-6-15(14)20(24)27/h7-8,11-12,14-15H,3-6,9-10H2,1-2H3/t12-,14+,15+/m1/s1. The first kappa shape index (κ1) is 19.5. The molecule has 146 valence electrons. The van der Waals surface area contributed by atoms with Gasteiger partial charge >= 0.3 is 0 Å². The molecule has 0 aromatic heterocycles. The number of carbonyl (C=O) groups is 3. The zero-order valence-electron chi connectivity index (χ0n) is 15.6. The summed E-state index contributed by atoms with van der Waals surface area (Å²) in [5, 5.41) is 0. The summed E-state index contributed by atoms with van der Waals surface area (Å²) in [7, 11) is 1.57. The Kier molecular flexibility index (Phi) is 5.58. The highest BCUT2D eigenvalue weighted by Crippen LogP contribution is 2.38. The number of halogens is 2. The van der Waals surface area contributed by atoms with Crippen molar-refractivity contribution in [1.29, 1.82) is 0 Å². The van der Waals surface area contributed by atoms with Crippen LogP contribution >= 0.6 is 0 Å². The molecule has 3 amide bonds. The number of carbonyl (C=O) groups excluding carboxylic acids is 3. The molecule has 0 spiro atoms. The highest BCUT2D eigenvalue weighted by atomic mass is 19.2. The number of hydrogen-bond acceptors (Lipinski definition) is 3. The monoisotopic (exact) mass is 378 g/mol. The minimum atomic E-state index is -0.962. The average Bonchev–Trinajstić information content (AvgIpc) is 2.91. The molecule has 0 unspecified atom stereocenters. The fraction of sp³-hybridized carbons (Fsp3) is 0.550. The number of nitrogens with zero attached hydrogens (tertiary/aromatic N) is 2. The van der Waals surface area contributed by atoms with Gasteiger partial charge in [0.1, 0.15) is 0 Å². The fourth-order valence-electron chi connectivity index (χ4n) is 4.05. The molecule has 1 aromatic carbocycles. The number of likely N-dealkylation sites (tertiary alicyclic amines) is 1. The molecule has 2 fully saturated rings. The third kappa shape index (κ3) is 3.73. The van der Waals surface area contributed by atoms with E-state index in [0.717, 1.165) is 37.8 Å². The number of imide groups is 1. The Bertz CT molecular complexity index is 744. The number of benzene rings is 1. The molecule has 0 N–H and O–H groups in total. The molecule has 0 radical (unpaired) electrons. The second kappa shape index (κ2) is 7.74. The predicted octanol–water partition coefficient (Wildman–Crippen LogP) is 3.05. The van der Waals surface area contributed by atoms with Crippen LogP contribution in [0.5, 0.6) is 0 Å². The van der Waals surface area contributed by atoms with Gasteiger partial charge in [-0.05, 0) is 37.5 Å². The minimum absolute atomic E-state index is 0.0153. The third-order valence-electron chi connectivity index (χ3n) is 5.88. The van der Waals surface area contributed by atoms with Gasteiger partial charge in [0.25, 0.3) is 0 Å². The van der Waals surface area contributed by atoms with Gasteiger partial charge in [0, 0.05) is 20.0 Å². The van der Waals surface area contributed by atoms with Crippen LogP contribution < -0.4 is 0 Å². The van der Waals surface area contributed by atoms with E-state index in [1.165, 1.54) is 15.9 Å². The van der Waals surface area contributed by atoms with E-state index in [9.17, 15) is 23.2 Å². The number of hydrogen-bond donors (Lipinski definition) is 0. The maximum atomic E-state index is 13.4. The SMILES string of the molecule is C[C@H](c1ccc(F)c(F)c1)N(C)C(=O)CCN1C(=O)[C@H]2CCCC[C@@H]2C1=O. The van der Waals surface area contributed by atoms with E-state index in [4.69, 9.17) is 0 Å². The average molecular weight is 378 g/mol. The normalized spacial score (nSPS) is 23.3. The Morgan fingerprint density at radius 2 is 1.74 bits per heavy atom. The fourth-order valence-corrected chi connectivity index (χ4v) is 4.05. The molecule has 3 rings (SSSR count). The molecule has 1 aliphatic carbocycles. The maximum Gasteiger partial charge on any atom is 0.233 e. The van der Waals surface area contributed by atoms with Crippen LogP contribution in [0.2, 0.25) is 0 Å². The van der Waals surface area contributed by atoms with Gasteiger partial charge in [0.05, 0.1) is 17.9 Å². The van der Waals surface area contributed by atoms with Gasteiger partial charge in [-0.1, -0.05) is 18.9 Å². The van der Waals surface area contributed by atoms with Crippen LogP contribution in [0.4, 0.5) is 8.78 Å². The summed E-state index contributed by atoms with van der Waals surface area (Å²) in [6, 6.07) is 3.08. The van der Waals surface area contributed by atoms with Crippen molar-refractivity contribution in [2.24, 2.45) is 11.8 Å². The molecular formula is C20H24F2N2O3. The molecular weight excluding hydrogens is 354 g/mol. The summed E-state index contributed by atoms with van der Waals surface area (Å²) in [4.78, 5) is 40.1. The van der Waals surface area contributed by atoms with Gasteiger partial charge in [-0.3, -0.25) is 19.3 Å². The quantitative estimate of drug-likeness (QED) is 0.740. The van der Waals surface area contributed by atoms with Crippen molar-refractivity contribution >= 4 is 17.7 Å². The number of rotatable bonds is 5. The smallest absolute Gasteiger partial charge is 0.233 e. The van der Waals surface area contributed by atoms with Crippen molar-refractivity contribution in [1.82, 2.24) is 9.80 Å². The van der Waals surface area contributed by atoms with Gasteiger partial charge in [0.15, 0.2) is 11.6 Å². The van der Waals surface area contributed by atoms with E-state index in [-0.39, 0.29) is 42.5 Å². The second-order valence-corrected chi connectivity index (χ2v) is 7.43. The van der Waals surface area contributed by atoms with Crippen LogP contribution in [-0.4, -0.2) is 41.1 Å². The van der Waals surface area contributed by atoms with Crippen LogP contribution in [0.25, 0.3) is 0 Å². The van der Waals surface area contributed by atoms with Crippen molar-refractivity contribution in [2.75, 3.05) is 13.6 Å². The Morgan fingerprint density at radius 3 is 2.30 bits per heavy atom. The van der Waals surface area contributed by atoms with Gasteiger partial charge in [0.2, 0.25) is 17.7 Å². The lowest BCUT2D eigenvalue weighted by molar-refractivity contribution is -0.141. The summed E-state index contributed by atoms with van der Waals surface area (Å²) < 4.78 is 26.5. The predicted molar refractivity (Wildman–Crippen MR) is 94.3 cm³/mol. The zero-order chi connectivity index (χ0) is 19.7. The maximum absolute atomic E-state index is 13.4. The third-order valence-corrected chi connectivity index (χ3v) is 5.88. The number of fused-ring (bicyclic) bond motifs is 1. The molecule has 1 saturated heterocycles. The largest absolute Gasteiger partial charge is 0.339 e. The van der Waals surface area contributed by atoms with E-state index in [1.807, 2.05) is 0 Å². The topological polar surface area (TPSA) is 57.7 Å². The highest BCUT2D eigenvalue weighted by molar-refractivity contribution is 6.05. The van der Waals surface area contributed by atoms with Crippen LogP contribution in [0.3, 0.4) is 0 Å². The minimum Gasteiger partial charge on any atom is -0.339 e. The summed E-state index contributed by atoms with van der Waals surface area (Å²) in [5.41, 5.74) is 0.476. The lowest BCUT2D eigenvalue weighted by atomic mass is 9.81. The van der Waals surface area contributed by atoms with Gasteiger partial charge in [-0.15, -0.1) is 0 Å². The first-order valence-corrected chi connectivity index (χ1v) is 9.37. The molecule has 3 atom stereocenters. The van der Waals surface area contributed by atoms with Crippen molar-refractivity contribution in [3.05, 3.63) is 35.4 Å². The van der Waals surface area contributed by atoms with Crippen molar-refractivity contribution in [3.63, 3.8) is 0 Å². The second-order valence-electron chi connectivity index (χ2n) is 7.43. The van der Waals surface area contributed by atoms with Crippen LogP contribution in [0, 0.1) is 23.5 Å². The summed E-state index contributed by atoms with van der Waals surface area (Å²) in [6.07, 6.45) is 3.42. The summed E-state index contributed by atoms with van der Waals surface area (Å²) >= 11 is 0. The Labute approximate surface area is 157 Å². The van der Waals surface area contributed by atoms with Crippen LogP contribution in [0.1, 0.15) is 50.6 Å². The van der Waals surface area contributed by atoms with Gasteiger partial charge in [-0.25, -0.2) is 8.78 Å². The van der Waals surface area contributed by atoms with E-state index >= 15 is 0 Å². The zero-order valence-corrected chi connectivity index (χ0v) is 15.6. The van der Waals surface area contributed by atoms with E-state index in [1.54, 1.807) is 14.0 Å². The Hall–Kier alpha value is -2.31. The highest BCUT2D eigenvalue weighted by Gasteiger charge is 2.47. The summed E-state index contributed by atoms with van der Waals surface area (Å²) in [6.45, 7) is 1.78. The van der Waals surface area contributed by atoms with Crippen molar-refractivity contribution < 1.29 is 23.2 Å². The first-order chi connectivity index (χ1) is 12.8.